The highest BCUT2D eigenvalue weighted by Crippen LogP contribution is 2.22. The molecule has 0 amide bonds. The molecule has 0 saturated heterocycles. The highest BCUT2D eigenvalue weighted by atomic mass is 16.6. The number of nitro benzene ring substituents is 1. The van der Waals surface area contributed by atoms with Gasteiger partial charge in [-0.1, -0.05) is 0 Å². The molecule has 0 aromatic heterocycles. The number of rotatable bonds is 7. The third-order valence-electron chi connectivity index (χ3n) is 2.10. The highest BCUT2D eigenvalue weighted by Gasteiger charge is 2.10. The van der Waals surface area contributed by atoms with Crippen molar-refractivity contribution in [3.63, 3.8) is 0 Å². The van der Waals surface area contributed by atoms with Crippen molar-refractivity contribution in [2.75, 3.05) is 26.4 Å². The Morgan fingerprint density at radius 1 is 1.35 bits per heavy atom. The lowest BCUT2D eigenvalue weighted by Gasteiger charge is -2.07. The van der Waals surface area contributed by atoms with E-state index in [-0.39, 0.29) is 18.9 Å². The molecule has 0 aliphatic heterocycles. The first-order valence-electron chi connectivity index (χ1n) is 5.21. The van der Waals surface area contributed by atoms with Crippen LogP contribution >= 0.6 is 0 Å². The smallest absolute Gasteiger partial charge is 0.272 e. The molecule has 0 spiro atoms. The number of hydrogen-bond acceptors (Lipinski definition) is 5. The summed E-state index contributed by atoms with van der Waals surface area (Å²) in [5.74, 6) is 0.570. The molecular formula is C11H15NO5. The molecule has 0 unspecified atom stereocenters. The van der Waals surface area contributed by atoms with Crippen molar-refractivity contribution in [1.29, 1.82) is 0 Å². The lowest BCUT2D eigenvalue weighted by molar-refractivity contribution is -0.385. The first-order valence-corrected chi connectivity index (χ1v) is 5.21. The molecule has 6 nitrogen and oxygen atoms in total. The minimum atomic E-state index is -0.427. The van der Waals surface area contributed by atoms with Crippen molar-refractivity contribution in [3.05, 3.63) is 33.9 Å². The van der Waals surface area contributed by atoms with E-state index in [4.69, 9.17) is 14.6 Å². The number of benzene rings is 1. The molecule has 1 aromatic carbocycles. The summed E-state index contributed by atoms with van der Waals surface area (Å²) in [7, 11) is 0. The molecule has 0 aliphatic rings. The number of hydrogen-bond donors (Lipinski definition) is 1. The molecule has 0 radical (unpaired) electrons. The topological polar surface area (TPSA) is 81.8 Å². The summed E-state index contributed by atoms with van der Waals surface area (Å²) in [4.78, 5) is 10.2. The largest absolute Gasteiger partial charge is 0.491 e. The van der Waals surface area contributed by atoms with Crippen LogP contribution < -0.4 is 4.74 Å². The molecule has 0 aliphatic carbocycles. The summed E-state index contributed by atoms with van der Waals surface area (Å²) >= 11 is 0. The second-order valence-electron chi connectivity index (χ2n) is 3.39. The quantitative estimate of drug-likeness (QED) is 0.442. The zero-order valence-corrected chi connectivity index (χ0v) is 9.59. The SMILES string of the molecule is Cc1cc(OCCOCCO)ccc1[N+](=O)[O-]. The van der Waals surface area contributed by atoms with E-state index in [9.17, 15) is 10.1 Å². The second kappa shape index (κ2) is 6.82. The number of nitrogens with zero attached hydrogens (tertiary/aromatic N) is 1. The molecule has 1 aromatic rings. The van der Waals surface area contributed by atoms with Crippen LogP contribution in [0.15, 0.2) is 18.2 Å². The Kier molecular flexibility index (Phi) is 5.38. The zero-order chi connectivity index (χ0) is 12.7. The van der Waals surface area contributed by atoms with Gasteiger partial charge >= 0.3 is 0 Å². The Bertz CT molecular complexity index is 380. The Labute approximate surface area is 98.9 Å². The molecular weight excluding hydrogens is 226 g/mol. The second-order valence-corrected chi connectivity index (χ2v) is 3.39. The average molecular weight is 241 g/mol. The Morgan fingerprint density at radius 2 is 2.12 bits per heavy atom. The third kappa shape index (κ3) is 4.38. The van der Waals surface area contributed by atoms with Gasteiger partial charge in [0.1, 0.15) is 12.4 Å². The van der Waals surface area contributed by atoms with Crippen LogP contribution in [0.3, 0.4) is 0 Å². The van der Waals surface area contributed by atoms with Crippen LogP contribution in [0.5, 0.6) is 5.75 Å². The summed E-state index contributed by atoms with van der Waals surface area (Å²) < 4.78 is 10.4. The fraction of sp³-hybridized carbons (Fsp3) is 0.455. The van der Waals surface area contributed by atoms with E-state index in [0.29, 0.717) is 24.5 Å². The van der Waals surface area contributed by atoms with Gasteiger partial charge in [-0.3, -0.25) is 10.1 Å². The number of nitro groups is 1. The van der Waals surface area contributed by atoms with Crippen LogP contribution in [-0.4, -0.2) is 36.5 Å². The van der Waals surface area contributed by atoms with Crippen molar-refractivity contribution in [3.8, 4) is 5.75 Å². The summed E-state index contributed by atoms with van der Waals surface area (Å²) in [6.07, 6.45) is 0. The normalized spacial score (nSPS) is 10.2. The molecule has 0 bridgehead atoms. The van der Waals surface area contributed by atoms with Gasteiger partial charge < -0.3 is 14.6 Å². The Balaban J connectivity index is 2.45. The zero-order valence-electron chi connectivity index (χ0n) is 9.59. The third-order valence-corrected chi connectivity index (χ3v) is 2.10. The fourth-order valence-electron chi connectivity index (χ4n) is 1.31. The summed E-state index contributed by atoms with van der Waals surface area (Å²) in [6, 6.07) is 4.58. The van der Waals surface area contributed by atoms with Gasteiger partial charge in [-0.25, -0.2) is 0 Å². The van der Waals surface area contributed by atoms with Crippen molar-refractivity contribution < 1.29 is 19.5 Å². The minimum Gasteiger partial charge on any atom is -0.491 e. The van der Waals surface area contributed by atoms with E-state index >= 15 is 0 Å². The summed E-state index contributed by atoms with van der Waals surface area (Å²) in [6.45, 7) is 2.64. The van der Waals surface area contributed by atoms with Gasteiger partial charge in [0.15, 0.2) is 0 Å². The van der Waals surface area contributed by atoms with Crippen LogP contribution in [0, 0.1) is 17.0 Å². The number of aliphatic hydroxyl groups excluding tert-OH is 1. The van der Waals surface area contributed by atoms with Crippen molar-refractivity contribution >= 4 is 5.69 Å². The van der Waals surface area contributed by atoms with Gasteiger partial charge in [-0.05, 0) is 19.1 Å². The van der Waals surface area contributed by atoms with E-state index < -0.39 is 4.92 Å². The van der Waals surface area contributed by atoms with Crippen molar-refractivity contribution in [1.82, 2.24) is 0 Å². The average Bonchev–Trinajstić information content (AvgIpc) is 2.28. The van der Waals surface area contributed by atoms with E-state index in [1.807, 2.05) is 0 Å². The van der Waals surface area contributed by atoms with E-state index in [0.717, 1.165) is 0 Å². The minimum absolute atomic E-state index is 0.0172. The van der Waals surface area contributed by atoms with Gasteiger partial charge in [-0.2, -0.15) is 0 Å². The van der Waals surface area contributed by atoms with Crippen LogP contribution in [0.2, 0.25) is 0 Å². The summed E-state index contributed by atoms with van der Waals surface area (Å²) in [5, 5.41) is 19.1. The maximum atomic E-state index is 10.6. The lowest BCUT2D eigenvalue weighted by Crippen LogP contribution is -2.09. The van der Waals surface area contributed by atoms with E-state index in [1.54, 1.807) is 19.1 Å². The van der Waals surface area contributed by atoms with Gasteiger partial charge in [0.2, 0.25) is 0 Å². The molecule has 94 valence electrons. The van der Waals surface area contributed by atoms with Gasteiger partial charge in [0, 0.05) is 11.6 Å². The van der Waals surface area contributed by atoms with Crippen molar-refractivity contribution in [2.24, 2.45) is 0 Å². The van der Waals surface area contributed by atoms with Gasteiger partial charge in [-0.15, -0.1) is 0 Å². The summed E-state index contributed by atoms with van der Waals surface area (Å²) in [5.41, 5.74) is 0.637. The number of ether oxygens (including phenoxy) is 2. The first kappa shape index (κ1) is 13.4. The monoisotopic (exact) mass is 241 g/mol. The molecule has 1 N–H and O–H groups in total. The molecule has 0 atom stereocenters. The highest BCUT2D eigenvalue weighted by molar-refractivity contribution is 5.44. The van der Waals surface area contributed by atoms with Crippen LogP contribution in [0.25, 0.3) is 0 Å². The van der Waals surface area contributed by atoms with E-state index in [2.05, 4.69) is 0 Å². The molecule has 0 heterocycles. The maximum Gasteiger partial charge on any atom is 0.272 e. The number of aliphatic hydroxyl groups is 1. The van der Waals surface area contributed by atoms with Gasteiger partial charge in [0.25, 0.3) is 5.69 Å². The Morgan fingerprint density at radius 3 is 2.71 bits per heavy atom. The lowest BCUT2D eigenvalue weighted by atomic mass is 10.2. The molecule has 1 rings (SSSR count). The molecule has 0 fully saturated rings. The molecule has 6 heteroatoms. The maximum absolute atomic E-state index is 10.6. The molecule has 0 saturated carbocycles. The van der Waals surface area contributed by atoms with Crippen LogP contribution in [0.1, 0.15) is 5.56 Å². The first-order chi connectivity index (χ1) is 8.15. The standard InChI is InChI=1S/C11H15NO5/c1-9-8-10(2-3-11(9)12(14)15)17-7-6-16-5-4-13/h2-3,8,13H,4-7H2,1H3. The predicted octanol–water partition coefficient (Wildman–Crippen LogP) is 1.29. The molecule has 17 heavy (non-hydrogen) atoms. The van der Waals surface area contributed by atoms with Crippen LogP contribution in [0.4, 0.5) is 5.69 Å². The Hall–Kier alpha value is -1.66. The van der Waals surface area contributed by atoms with Crippen LogP contribution in [-0.2, 0) is 4.74 Å². The fourth-order valence-corrected chi connectivity index (χ4v) is 1.31. The predicted molar refractivity (Wildman–Crippen MR) is 61.2 cm³/mol. The van der Waals surface area contributed by atoms with Crippen molar-refractivity contribution in [2.45, 2.75) is 6.92 Å². The number of aryl methyl sites for hydroxylation is 1. The van der Waals surface area contributed by atoms with E-state index in [1.165, 1.54) is 6.07 Å². The van der Waals surface area contributed by atoms with Gasteiger partial charge in [0.05, 0.1) is 24.7 Å².